The van der Waals surface area contributed by atoms with Crippen molar-refractivity contribution in [1.82, 2.24) is 19.7 Å². The third-order valence-electron chi connectivity index (χ3n) is 2.56. The van der Waals surface area contributed by atoms with Crippen molar-refractivity contribution < 1.29 is 0 Å². The molecule has 4 nitrogen and oxygen atoms in total. The number of hydrogen-bond acceptors (Lipinski definition) is 4. The highest BCUT2D eigenvalue weighted by atomic mass is 79.9. The van der Waals surface area contributed by atoms with E-state index in [0.717, 1.165) is 20.6 Å². The normalized spacial score (nSPS) is 11.0. The molecular formula is C12H7BrCl2N4S. The Morgan fingerprint density at radius 3 is 2.65 bits per heavy atom. The summed E-state index contributed by atoms with van der Waals surface area (Å²) in [6, 6.07) is 3.60. The van der Waals surface area contributed by atoms with Gasteiger partial charge in [0.1, 0.15) is 9.49 Å². The topological polar surface area (TPSA) is 43.6 Å². The molecule has 3 heterocycles. The summed E-state index contributed by atoms with van der Waals surface area (Å²) in [4.78, 5) is 9.63. The minimum atomic E-state index is 0.384. The molecule has 8 heteroatoms. The molecule has 0 aliphatic heterocycles. The molecule has 3 aromatic rings. The van der Waals surface area contributed by atoms with E-state index >= 15 is 0 Å². The van der Waals surface area contributed by atoms with Crippen LogP contribution in [0.1, 0.15) is 0 Å². The molecule has 0 saturated heterocycles. The first-order valence-corrected chi connectivity index (χ1v) is 7.88. The van der Waals surface area contributed by atoms with E-state index in [1.165, 1.54) is 11.3 Å². The summed E-state index contributed by atoms with van der Waals surface area (Å²) < 4.78 is 3.20. The van der Waals surface area contributed by atoms with Crippen LogP contribution in [0.3, 0.4) is 0 Å². The average Bonchev–Trinajstić information content (AvgIpc) is 2.96. The van der Waals surface area contributed by atoms with Crippen molar-refractivity contribution in [2.45, 2.75) is 0 Å². The molecule has 0 bridgehead atoms. The van der Waals surface area contributed by atoms with Crippen LogP contribution >= 0.6 is 50.5 Å². The van der Waals surface area contributed by atoms with Gasteiger partial charge in [0.15, 0.2) is 5.82 Å². The van der Waals surface area contributed by atoms with Gasteiger partial charge < -0.3 is 0 Å². The molecule has 0 aromatic carbocycles. The molecule has 0 saturated carbocycles. The lowest BCUT2D eigenvalue weighted by Gasteiger charge is -2.01. The van der Waals surface area contributed by atoms with Crippen LogP contribution in [-0.2, 0) is 7.05 Å². The summed E-state index contributed by atoms with van der Waals surface area (Å²) in [6.07, 6.45) is 3.61. The van der Waals surface area contributed by atoms with Gasteiger partial charge in [0, 0.05) is 29.3 Å². The molecule has 3 aromatic heterocycles. The fourth-order valence-corrected chi connectivity index (χ4v) is 3.51. The summed E-state index contributed by atoms with van der Waals surface area (Å²) in [5, 5.41) is 4.51. The fourth-order valence-electron chi connectivity index (χ4n) is 1.69. The molecule has 0 aliphatic rings. The van der Waals surface area contributed by atoms with Gasteiger partial charge in [0.25, 0.3) is 0 Å². The molecule has 0 radical (unpaired) electrons. The number of rotatable bonds is 2. The fraction of sp³-hybridized carbons (Fsp3) is 0.0833. The van der Waals surface area contributed by atoms with Crippen molar-refractivity contribution in [3.05, 3.63) is 38.5 Å². The molecule has 0 fully saturated rings. The van der Waals surface area contributed by atoms with Crippen LogP contribution in [0.4, 0.5) is 0 Å². The maximum absolute atomic E-state index is 6.08. The lowest BCUT2D eigenvalue weighted by Crippen LogP contribution is -1.91. The maximum Gasteiger partial charge on any atom is 0.171 e. The molecule has 0 unspecified atom stereocenters. The minimum Gasteiger partial charge on any atom is -0.275 e. The summed E-state index contributed by atoms with van der Waals surface area (Å²) in [5.74, 6) is 0.550. The Morgan fingerprint density at radius 1 is 1.25 bits per heavy atom. The summed E-state index contributed by atoms with van der Waals surface area (Å²) in [5.41, 5.74) is 1.62. The van der Waals surface area contributed by atoms with Crippen molar-refractivity contribution in [2.75, 3.05) is 0 Å². The predicted molar refractivity (Wildman–Crippen MR) is 85.3 cm³/mol. The molecule has 102 valence electrons. The summed E-state index contributed by atoms with van der Waals surface area (Å²) >= 11 is 16.9. The molecule has 0 atom stereocenters. The molecule has 3 rings (SSSR count). The van der Waals surface area contributed by atoms with Gasteiger partial charge in [-0.15, -0.1) is 11.3 Å². The maximum atomic E-state index is 6.08. The van der Waals surface area contributed by atoms with Crippen LogP contribution < -0.4 is 0 Å². The standard InChI is InChI=1S/C12H7BrCl2N4S/c1-19-5-6(4-16-19)8-3-10(14)18-12(17-8)9-2-7(13)11(15)20-9/h2-5H,1H3. The van der Waals surface area contributed by atoms with Crippen LogP contribution in [0, 0.1) is 0 Å². The molecule has 0 N–H and O–H groups in total. The Hall–Kier alpha value is -0.950. The number of hydrogen-bond donors (Lipinski definition) is 0. The Kier molecular flexibility index (Phi) is 3.81. The SMILES string of the molecule is Cn1cc(-c2cc(Cl)nc(-c3cc(Br)c(Cl)s3)n2)cn1. The van der Waals surface area contributed by atoms with Crippen molar-refractivity contribution in [2.24, 2.45) is 7.05 Å². The van der Waals surface area contributed by atoms with Gasteiger partial charge in [0.2, 0.25) is 0 Å². The van der Waals surface area contributed by atoms with Crippen LogP contribution in [-0.4, -0.2) is 19.7 Å². The molecular weight excluding hydrogens is 383 g/mol. The number of nitrogens with zero attached hydrogens (tertiary/aromatic N) is 4. The smallest absolute Gasteiger partial charge is 0.171 e. The third-order valence-corrected chi connectivity index (χ3v) is 5.23. The number of halogens is 3. The average molecular weight is 390 g/mol. The lowest BCUT2D eigenvalue weighted by molar-refractivity contribution is 0.768. The van der Waals surface area contributed by atoms with Crippen molar-refractivity contribution >= 4 is 50.5 Å². The Morgan fingerprint density at radius 2 is 2.05 bits per heavy atom. The molecule has 20 heavy (non-hydrogen) atoms. The van der Waals surface area contributed by atoms with E-state index in [9.17, 15) is 0 Å². The van der Waals surface area contributed by atoms with Gasteiger partial charge in [-0.1, -0.05) is 23.2 Å². The van der Waals surface area contributed by atoms with Gasteiger partial charge in [-0.05, 0) is 22.0 Å². The first-order valence-electron chi connectivity index (χ1n) is 5.52. The monoisotopic (exact) mass is 388 g/mol. The second-order valence-corrected chi connectivity index (χ2v) is 6.93. The van der Waals surface area contributed by atoms with Crippen molar-refractivity contribution in [3.8, 4) is 22.0 Å². The first-order chi connectivity index (χ1) is 9.52. The van der Waals surface area contributed by atoms with E-state index < -0.39 is 0 Å². The molecule has 0 amide bonds. The third kappa shape index (κ3) is 2.74. The largest absolute Gasteiger partial charge is 0.275 e. The van der Waals surface area contributed by atoms with Gasteiger partial charge in [-0.3, -0.25) is 4.68 Å². The minimum absolute atomic E-state index is 0.384. The summed E-state index contributed by atoms with van der Waals surface area (Å²) in [7, 11) is 1.85. The van der Waals surface area contributed by atoms with E-state index in [1.807, 2.05) is 19.3 Å². The Balaban J connectivity index is 2.11. The van der Waals surface area contributed by atoms with Crippen molar-refractivity contribution in [3.63, 3.8) is 0 Å². The summed E-state index contributed by atoms with van der Waals surface area (Å²) in [6.45, 7) is 0. The quantitative estimate of drug-likeness (QED) is 0.598. The van der Waals surface area contributed by atoms with Gasteiger partial charge in [-0.25, -0.2) is 9.97 Å². The van der Waals surface area contributed by atoms with Crippen LogP contribution in [0.15, 0.2) is 29.0 Å². The zero-order valence-corrected chi connectivity index (χ0v) is 14.1. The van der Waals surface area contributed by atoms with Crippen molar-refractivity contribution in [1.29, 1.82) is 0 Å². The van der Waals surface area contributed by atoms with Gasteiger partial charge in [-0.2, -0.15) is 5.10 Å². The predicted octanol–water partition coefficient (Wildman–Crippen LogP) is 4.67. The highest BCUT2D eigenvalue weighted by Gasteiger charge is 2.13. The highest BCUT2D eigenvalue weighted by molar-refractivity contribution is 9.10. The zero-order valence-electron chi connectivity index (χ0n) is 10.1. The first kappa shape index (κ1) is 14.0. The van der Waals surface area contributed by atoms with E-state index in [4.69, 9.17) is 23.2 Å². The van der Waals surface area contributed by atoms with Gasteiger partial charge in [0.05, 0.1) is 16.8 Å². The molecule has 0 spiro atoms. The van der Waals surface area contributed by atoms with E-state index in [2.05, 4.69) is 31.0 Å². The van der Waals surface area contributed by atoms with Crippen LogP contribution in [0.2, 0.25) is 9.49 Å². The zero-order chi connectivity index (χ0) is 14.3. The van der Waals surface area contributed by atoms with E-state index in [0.29, 0.717) is 15.3 Å². The Bertz CT molecular complexity index is 764. The van der Waals surface area contributed by atoms with E-state index in [-0.39, 0.29) is 0 Å². The highest BCUT2D eigenvalue weighted by Crippen LogP contribution is 2.37. The number of aryl methyl sites for hydroxylation is 1. The number of thiophene rings is 1. The van der Waals surface area contributed by atoms with E-state index in [1.54, 1.807) is 16.9 Å². The molecule has 0 aliphatic carbocycles. The van der Waals surface area contributed by atoms with Crippen LogP contribution in [0.25, 0.3) is 22.0 Å². The van der Waals surface area contributed by atoms with Crippen LogP contribution in [0.5, 0.6) is 0 Å². The second-order valence-electron chi connectivity index (χ2n) is 4.03. The second kappa shape index (κ2) is 5.44. The Labute approximate surface area is 137 Å². The van der Waals surface area contributed by atoms with Gasteiger partial charge >= 0.3 is 0 Å². The number of aromatic nitrogens is 4. The lowest BCUT2D eigenvalue weighted by atomic mass is 10.2.